The summed E-state index contributed by atoms with van der Waals surface area (Å²) in [5, 5.41) is 50.6. The predicted molar refractivity (Wildman–Crippen MR) is 293 cm³/mol. The highest BCUT2D eigenvalue weighted by molar-refractivity contribution is 8.76. The highest BCUT2D eigenvalue weighted by Crippen LogP contribution is 2.24. The number of aliphatic hydroxyl groups excluding tert-OH is 1. The second-order valence-electron chi connectivity index (χ2n) is 18.7. The molecule has 2 heterocycles. The van der Waals surface area contributed by atoms with Gasteiger partial charge in [0, 0.05) is 54.3 Å². The van der Waals surface area contributed by atoms with Crippen molar-refractivity contribution in [2.75, 3.05) is 18.1 Å². The van der Waals surface area contributed by atoms with Gasteiger partial charge in [-0.2, -0.15) is 0 Å². The van der Waals surface area contributed by atoms with E-state index in [2.05, 4.69) is 42.2 Å². The molecular weight excluding hydrogens is 1030 g/mol. The summed E-state index contributed by atoms with van der Waals surface area (Å²) in [4.78, 5) is 116. The van der Waals surface area contributed by atoms with Crippen LogP contribution in [0.2, 0.25) is 0 Å². The summed E-state index contributed by atoms with van der Waals surface area (Å²) < 4.78 is 0. The number of aromatic hydroxyl groups is 1. The fourth-order valence-electron chi connectivity index (χ4n) is 8.46. The van der Waals surface area contributed by atoms with E-state index in [1.165, 1.54) is 31.2 Å². The lowest BCUT2D eigenvalue weighted by molar-refractivity contribution is -0.141. The molecule has 0 aliphatic carbocycles. The Morgan fingerprint density at radius 1 is 0.571 bits per heavy atom. The van der Waals surface area contributed by atoms with Gasteiger partial charge in [-0.1, -0.05) is 113 Å². The molecule has 9 atom stereocenters. The van der Waals surface area contributed by atoms with Crippen molar-refractivity contribution < 1.29 is 53.7 Å². The van der Waals surface area contributed by atoms with Gasteiger partial charge in [0.1, 0.15) is 48.0 Å². The number of rotatable bonds is 14. The zero-order chi connectivity index (χ0) is 55.4. The molecule has 1 aliphatic heterocycles. The molecule has 1 aliphatic rings. The summed E-state index contributed by atoms with van der Waals surface area (Å²) in [5.41, 5.74) is 15.3. The Morgan fingerprint density at radius 3 is 1.60 bits per heavy atom. The molecule has 7 amide bonds. The van der Waals surface area contributed by atoms with Crippen molar-refractivity contribution in [3.8, 4) is 5.75 Å². The van der Waals surface area contributed by atoms with Gasteiger partial charge in [-0.3, -0.25) is 33.6 Å². The molecule has 1 saturated heterocycles. The predicted octanol–water partition coefficient (Wildman–Crippen LogP) is 0.854. The summed E-state index contributed by atoms with van der Waals surface area (Å²) in [6.45, 7) is 1.47. The van der Waals surface area contributed by atoms with Crippen molar-refractivity contribution >= 4 is 79.8 Å². The first-order valence-electron chi connectivity index (χ1n) is 25.1. The molecule has 1 fully saturated rings. The van der Waals surface area contributed by atoms with E-state index >= 15 is 0 Å². The average Bonchev–Trinajstić information content (AvgIpc) is 3.82. The molecule has 4 aromatic carbocycles. The fraction of sp³-hybridized carbons (Fsp3) is 0.370. The van der Waals surface area contributed by atoms with Crippen LogP contribution in [0.25, 0.3) is 10.9 Å². The molecule has 23 heteroatoms. The third kappa shape index (κ3) is 17.8. The lowest BCUT2D eigenvalue weighted by Gasteiger charge is -2.29. The molecule has 0 spiro atoms. The number of phenolic OH excluding ortho intramolecular Hbond substituents is 1. The number of phenols is 1. The maximum atomic E-state index is 14.8. The number of nitrogens with one attached hydrogen (secondary N) is 8. The molecular formula is C54H66N10O11S2. The summed E-state index contributed by atoms with van der Waals surface area (Å²) in [5.74, 6) is -7.78. The maximum absolute atomic E-state index is 14.8. The molecule has 410 valence electrons. The number of hydrogen-bond donors (Lipinski definition) is 13. The van der Waals surface area contributed by atoms with Crippen LogP contribution in [0, 0.1) is 0 Å². The minimum Gasteiger partial charge on any atom is -0.508 e. The van der Waals surface area contributed by atoms with E-state index in [-0.39, 0.29) is 55.9 Å². The number of amides is 7. The molecule has 0 unspecified atom stereocenters. The van der Waals surface area contributed by atoms with Crippen LogP contribution in [0.5, 0.6) is 5.75 Å². The largest absolute Gasteiger partial charge is 0.508 e. The van der Waals surface area contributed by atoms with Crippen molar-refractivity contribution in [3.63, 3.8) is 0 Å². The number of hydrogen-bond acceptors (Lipinski definition) is 14. The van der Waals surface area contributed by atoms with Crippen molar-refractivity contribution in [1.29, 1.82) is 0 Å². The van der Waals surface area contributed by atoms with Gasteiger partial charge in [-0.05, 0) is 73.2 Å². The molecule has 0 bridgehead atoms. The highest BCUT2D eigenvalue weighted by Gasteiger charge is 2.36. The Balaban J connectivity index is 1.40. The Bertz CT molecular complexity index is 2810. The number of fused-ring (bicyclic) bond motifs is 1. The number of unbranched alkanes of at least 4 members (excludes halogenated alkanes) is 1. The number of aliphatic hydroxyl groups is 1. The van der Waals surface area contributed by atoms with Crippen LogP contribution in [0.15, 0.2) is 115 Å². The van der Waals surface area contributed by atoms with Crippen LogP contribution in [0.3, 0.4) is 0 Å². The van der Waals surface area contributed by atoms with Crippen LogP contribution in [-0.4, -0.2) is 140 Å². The maximum Gasteiger partial charge on any atom is 0.327 e. The van der Waals surface area contributed by atoms with Crippen LogP contribution < -0.4 is 48.7 Å². The topological polar surface area (TPSA) is 349 Å². The molecule has 0 saturated carbocycles. The van der Waals surface area contributed by atoms with Crippen molar-refractivity contribution in [2.24, 2.45) is 11.5 Å². The van der Waals surface area contributed by atoms with Gasteiger partial charge in [0.05, 0.1) is 12.1 Å². The lowest BCUT2D eigenvalue weighted by atomic mass is 10.00. The standard InChI is InChI=1S/C54H66N10O11S2/c1-31(65)46-53(73)62-43(26-34-19-21-36(66)22-20-34)51(71)63-45(54(74)75)30-77-76-29-38(56)47(67)59-41(24-32-12-4-2-5-13-32)49(69)60-42(25-33-14-6-3-7-15-33)50(70)61-44(27-35-28-57-39-17-9-8-16-37(35)39)52(72)58-40(48(68)64-46)18-10-11-23-55/h2-9,12-17,19-22,28,31,38,40-46,57,65-66H,10-11,18,23-27,29-30,55-56H2,1H3,(H,58,72)(H,59,67)(H,60,69)(H,61,70)(H,62,73)(H,63,71)(H,64,68)(H,74,75)/t31-,38-,40+,41-,42+,43+,44+,45+,46-/m1/s1. The fourth-order valence-corrected chi connectivity index (χ4v) is 10.7. The first kappa shape index (κ1) is 58.8. The normalized spacial score (nSPS) is 23.5. The number of H-pyrrole nitrogens is 1. The first-order valence-corrected chi connectivity index (χ1v) is 27.6. The second kappa shape index (κ2) is 29.2. The summed E-state index contributed by atoms with van der Waals surface area (Å²) in [6.07, 6.45) is 0.413. The molecule has 21 nitrogen and oxygen atoms in total. The number of aliphatic carboxylic acids is 1. The zero-order valence-corrected chi connectivity index (χ0v) is 43.9. The third-order valence-corrected chi connectivity index (χ3v) is 15.2. The van der Waals surface area contributed by atoms with E-state index in [9.17, 15) is 53.7 Å². The van der Waals surface area contributed by atoms with Gasteiger partial charge in [0.2, 0.25) is 41.4 Å². The molecule has 5 aromatic rings. The Morgan fingerprint density at radius 2 is 1.04 bits per heavy atom. The zero-order valence-electron chi connectivity index (χ0n) is 42.3. The molecule has 15 N–H and O–H groups in total. The van der Waals surface area contributed by atoms with Gasteiger partial charge < -0.3 is 69.0 Å². The van der Waals surface area contributed by atoms with E-state index in [1.807, 2.05) is 24.3 Å². The number of aromatic amines is 1. The molecule has 0 radical (unpaired) electrons. The highest BCUT2D eigenvalue weighted by atomic mass is 33.1. The number of carboxylic acid groups (broad SMARTS) is 1. The van der Waals surface area contributed by atoms with Crippen molar-refractivity contribution in [1.82, 2.24) is 42.2 Å². The minimum atomic E-state index is -1.73. The van der Waals surface area contributed by atoms with Crippen molar-refractivity contribution in [3.05, 3.63) is 138 Å². The van der Waals surface area contributed by atoms with Crippen LogP contribution >= 0.6 is 21.6 Å². The third-order valence-electron chi connectivity index (χ3n) is 12.7. The van der Waals surface area contributed by atoms with Gasteiger partial charge in [0.25, 0.3) is 0 Å². The van der Waals surface area contributed by atoms with Gasteiger partial charge >= 0.3 is 5.97 Å². The quantitative estimate of drug-likeness (QED) is 0.0542. The smallest absolute Gasteiger partial charge is 0.327 e. The number of carbonyl (C=O) groups excluding carboxylic acids is 7. The Kier molecular flexibility index (Phi) is 22.3. The number of carbonyl (C=O) groups is 8. The average molecular weight is 1100 g/mol. The molecule has 1 aromatic heterocycles. The number of nitrogens with two attached hydrogens (primary N) is 2. The number of benzene rings is 4. The Hall–Kier alpha value is -7.44. The van der Waals surface area contributed by atoms with Crippen LogP contribution in [0.1, 0.15) is 48.4 Å². The number of carboxylic acids is 1. The van der Waals surface area contributed by atoms with Gasteiger partial charge in [-0.15, -0.1) is 0 Å². The summed E-state index contributed by atoms with van der Waals surface area (Å²) >= 11 is 0. The second-order valence-corrected chi connectivity index (χ2v) is 21.3. The minimum absolute atomic E-state index is 0.0136. The monoisotopic (exact) mass is 1090 g/mol. The SMILES string of the molecule is C[C@@H](O)[C@H]1NC(=O)[C@H](CCCCN)NC(=O)[C@H](Cc2c[nH]c3ccccc23)NC(=O)[C@H](Cc2ccccc2)NC(=O)[C@@H](Cc2ccccc2)NC(=O)[C@H](N)CSSC[C@@H](C(=O)O)NC(=O)[C@H](Cc2ccc(O)cc2)NC1=O. The summed E-state index contributed by atoms with van der Waals surface area (Å²) in [6, 6.07) is 19.3. The van der Waals surface area contributed by atoms with Gasteiger partial charge in [0.15, 0.2) is 0 Å². The Labute approximate surface area is 453 Å². The van der Waals surface area contributed by atoms with E-state index < -0.39 is 102 Å². The van der Waals surface area contributed by atoms with E-state index in [0.717, 1.165) is 32.5 Å². The van der Waals surface area contributed by atoms with Crippen molar-refractivity contribution in [2.45, 2.75) is 106 Å². The molecule has 6 rings (SSSR count). The van der Waals surface area contributed by atoms with Crippen LogP contribution in [-0.2, 0) is 64.0 Å². The molecule has 77 heavy (non-hydrogen) atoms. The number of para-hydroxylation sites is 1. The van der Waals surface area contributed by atoms with E-state index in [4.69, 9.17) is 11.5 Å². The van der Waals surface area contributed by atoms with Crippen LogP contribution in [0.4, 0.5) is 0 Å². The summed E-state index contributed by atoms with van der Waals surface area (Å²) in [7, 11) is 2.02. The van der Waals surface area contributed by atoms with E-state index in [0.29, 0.717) is 35.1 Å². The lowest BCUT2D eigenvalue weighted by Crippen LogP contribution is -2.62. The van der Waals surface area contributed by atoms with E-state index in [1.54, 1.807) is 66.9 Å². The van der Waals surface area contributed by atoms with Gasteiger partial charge in [-0.25, -0.2) is 4.79 Å². The first-order chi connectivity index (χ1) is 37.0. The number of aromatic nitrogens is 1.